The van der Waals surface area contributed by atoms with Crippen molar-refractivity contribution in [2.45, 2.75) is 44.3 Å². The number of halogens is 1. The molecule has 0 atom stereocenters. The van der Waals surface area contributed by atoms with E-state index in [1.54, 1.807) is 7.11 Å². The van der Waals surface area contributed by atoms with Gasteiger partial charge in [0, 0.05) is 17.7 Å². The van der Waals surface area contributed by atoms with E-state index in [0.29, 0.717) is 23.4 Å². The highest BCUT2D eigenvalue weighted by molar-refractivity contribution is 6.33. The Morgan fingerprint density at radius 2 is 1.86 bits per heavy atom. The van der Waals surface area contributed by atoms with Crippen molar-refractivity contribution >= 4 is 23.1 Å². The SMILES string of the molecule is COC1CCC2(CC1)OC(=O)C(c1cc(-c3ccccc3Cl)ccc1C)=C2O. The van der Waals surface area contributed by atoms with Crippen molar-refractivity contribution in [2.24, 2.45) is 0 Å². The summed E-state index contributed by atoms with van der Waals surface area (Å²) in [5.41, 5.74) is 2.70. The summed E-state index contributed by atoms with van der Waals surface area (Å²) in [5, 5.41) is 11.7. The second-order valence-electron chi connectivity index (χ2n) is 7.55. The van der Waals surface area contributed by atoms with Crippen LogP contribution in [0.3, 0.4) is 0 Å². The lowest BCUT2D eigenvalue weighted by Crippen LogP contribution is -2.38. The van der Waals surface area contributed by atoms with Crippen LogP contribution in [0.5, 0.6) is 0 Å². The number of hydrogen-bond acceptors (Lipinski definition) is 4. The number of carbonyl (C=O) groups excluding carboxylic acids is 1. The van der Waals surface area contributed by atoms with Crippen LogP contribution in [0.25, 0.3) is 16.7 Å². The van der Waals surface area contributed by atoms with E-state index in [0.717, 1.165) is 29.5 Å². The van der Waals surface area contributed by atoms with E-state index < -0.39 is 11.6 Å². The van der Waals surface area contributed by atoms with Crippen LogP contribution < -0.4 is 0 Å². The van der Waals surface area contributed by atoms with Crippen molar-refractivity contribution in [3.05, 3.63) is 64.4 Å². The van der Waals surface area contributed by atoms with Gasteiger partial charge in [0.2, 0.25) is 0 Å². The first kappa shape index (κ1) is 19.0. The number of carbonyl (C=O) groups is 1. The van der Waals surface area contributed by atoms with Crippen molar-refractivity contribution in [3.63, 3.8) is 0 Å². The molecule has 2 aromatic rings. The number of aliphatic hydroxyl groups excluding tert-OH is 1. The predicted molar refractivity (Wildman–Crippen MR) is 109 cm³/mol. The van der Waals surface area contributed by atoms with Gasteiger partial charge in [-0.25, -0.2) is 4.79 Å². The third kappa shape index (κ3) is 3.11. The van der Waals surface area contributed by atoms with Crippen LogP contribution in [-0.2, 0) is 14.3 Å². The van der Waals surface area contributed by atoms with E-state index in [-0.39, 0.29) is 17.4 Å². The molecule has 1 aliphatic carbocycles. The predicted octanol–water partition coefficient (Wildman–Crippen LogP) is 5.47. The lowest BCUT2D eigenvalue weighted by Gasteiger charge is -2.35. The lowest BCUT2D eigenvalue weighted by atomic mass is 9.81. The molecule has 146 valence electrons. The molecule has 1 aliphatic heterocycles. The molecule has 1 spiro atoms. The first-order valence-corrected chi connectivity index (χ1v) is 9.89. The first-order chi connectivity index (χ1) is 13.4. The fourth-order valence-corrected chi connectivity index (χ4v) is 4.47. The van der Waals surface area contributed by atoms with Crippen LogP contribution in [0.4, 0.5) is 0 Å². The van der Waals surface area contributed by atoms with Gasteiger partial charge in [-0.3, -0.25) is 0 Å². The molecule has 0 unspecified atom stereocenters. The van der Waals surface area contributed by atoms with Crippen LogP contribution >= 0.6 is 11.6 Å². The lowest BCUT2D eigenvalue weighted by molar-refractivity contribution is -0.151. The zero-order valence-corrected chi connectivity index (χ0v) is 16.8. The van der Waals surface area contributed by atoms with Gasteiger partial charge in [0.05, 0.1) is 6.10 Å². The van der Waals surface area contributed by atoms with Crippen molar-refractivity contribution in [1.29, 1.82) is 0 Å². The van der Waals surface area contributed by atoms with Crippen LogP contribution in [0.2, 0.25) is 5.02 Å². The normalized spacial score (nSPS) is 24.7. The van der Waals surface area contributed by atoms with Crippen LogP contribution in [-0.4, -0.2) is 29.9 Å². The average molecular weight is 399 g/mol. The number of methoxy groups -OCH3 is 1. The molecule has 0 bridgehead atoms. The monoisotopic (exact) mass is 398 g/mol. The summed E-state index contributed by atoms with van der Waals surface area (Å²) < 4.78 is 11.2. The Labute approximate surface area is 169 Å². The summed E-state index contributed by atoms with van der Waals surface area (Å²) in [5.74, 6) is -0.417. The van der Waals surface area contributed by atoms with Crippen LogP contribution in [0.1, 0.15) is 36.8 Å². The fourth-order valence-electron chi connectivity index (χ4n) is 4.23. The summed E-state index contributed by atoms with van der Waals surface area (Å²) >= 11 is 6.35. The Hall–Kier alpha value is -2.30. The molecule has 1 heterocycles. The van der Waals surface area contributed by atoms with Crippen molar-refractivity contribution in [1.82, 2.24) is 0 Å². The van der Waals surface area contributed by atoms with E-state index in [1.807, 2.05) is 49.4 Å². The smallest absolute Gasteiger partial charge is 0.343 e. The Morgan fingerprint density at radius 1 is 1.14 bits per heavy atom. The minimum atomic E-state index is -0.922. The zero-order valence-electron chi connectivity index (χ0n) is 16.0. The first-order valence-electron chi connectivity index (χ1n) is 9.51. The Morgan fingerprint density at radius 3 is 2.54 bits per heavy atom. The maximum Gasteiger partial charge on any atom is 0.343 e. The molecule has 0 saturated heterocycles. The van der Waals surface area contributed by atoms with Gasteiger partial charge in [0.15, 0.2) is 11.4 Å². The molecule has 0 radical (unpaired) electrons. The van der Waals surface area contributed by atoms with Gasteiger partial charge in [-0.2, -0.15) is 0 Å². The average Bonchev–Trinajstić information content (AvgIpc) is 2.93. The number of aliphatic hydroxyl groups is 1. The number of hydrogen-bond donors (Lipinski definition) is 1. The van der Waals surface area contributed by atoms with E-state index in [2.05, 4.69) is 0 Å². The second kappa shape index (κ2) is 7.26. The quantitative estimate of drug-likeness (QED) is 0.696. The molecule has 1 N–H and O–H groups in total. The number of benzene rings is 2. The van der Waals surface area contributed by atoms with E-state index in [1.165, 1.54) is 0 Å². The molecule has 0 aromatic heterocycles. The third-order valence-corrected chi connectivity index (χ3v) is 6.26. The molecular formula is C23H23ClO4. The van der Waals surface area contributed by atoms with E-state index >= 15 is 0 Å². The molecule has 2 aliphatic rings. The van der Waals surface area contributed by atoms with Gasteiger partial charge in [-0.05, 0) is 61.4 Å². The highest BCUT2D eigenvalue weighted by atomic mass is 35.5. The Balaban J connectivity index is 1.77. The van der Waals surface area contributed by atoms with Crippen LogP contribution in [0.15, 0.2) is 48.2 Å². The highest BCUT2D eigenvalue weighted by Gasteiger charge is 2.50. The highest BCUT2D eigenvalue weighted by Crippen LogP contribution is 2.46. The van der Waals surface area contributed by atoms with Gasteiger partial charge in [0.1, 0.15) is 5.57 Å². The maximum absolute atomic E-state index is 12.8. The number of aryl methyl sites for hydroxylation is 1. The van der Waals surface area contributed by atoms with Gasteiger partial charge in [-0.15, -0.1) is 0 Å². The summed E-state index contributed by atoms with van der Waals surface area (Å²) in [6, 6.07) is 13.4. The molecule has 4 nitrogen and oxygen atoms in total. The van der Waals surface area contributed by atoms with Crippen molar-refractivity contribution in [3.8, 4) is 11.1 Å². The zero-order chi connectivity index (χ0) is 19.9. The van der Waals surface area contributed by atoms with Gasteiger partial charge < -0.3 is 14.6 Å². The number of esters is 1. The van der Waals surface area contributed by atoms with E-state index in [9.17, 15) is 9.90 Å². The van der Waals surface area contributed by atoms with Gasteiger partial charge in [-0.1, -0.05) is 41.9 Å². The molecule has 2 aromatic carbocycles. The number of rotatable bonds is 3. The molecule has 4 rings (SSSR count). The molecule has 0 amide bonds. The maximum atomic E-state index is 12.8. The topological polar surface area (TPSA) is 55.8 Å². The van der Waals surface area contributed by atoms with Crippen molar-refractivity contribution in [2.75, 3.05) is 7.11 Å². The molecular weight excluding hydrogens is 376 g/mol. The molecule has 1 fully saturated rings. The summed E-state index contributed by atoms with van der Waals surface area (Å²) in [6.45, 7) is 1.92. The van der Waals surface area contributed by atoms with Gasteiger partial charge >= 0.3 is 5.97 Å². The summed E-state index contributed by atoms with van der Waals surface area (Å²) in [7, 11) is 1.69. The van der Waals surface area contributed by atoms with Crippen molar-refractivity contribution < 1.29 is 19.4 Å². The fraction of sp³-hybridized carbons (Fsp3) is 0.348. The van der Waals surface area contributed by atoms with Gasteiger partial charge in [0.25, 0.3) is 0 Å². The third-order valence-electron chi connectivity index (χ3n) is 5.93. The Bertz CT molecular complexity index is 955. The summed E-state index contributed by atoms with van der Waals surface area (Å²) in [4.78, 5) is 12.8. The molecule has 1 saturated carbocycles. The standard InChI is InChI=1S/C23H23ClO4/c1-14-7-8-15(17-5-3-4-6-19(17)24)13-18(14)20-21(25)23(28-22(20)26)11-9-16(27-2)10-12-23/h3-8,13,16,25H,9-12H2,1-2H3. The minimum Gasteiger partial charge on any atom is -0.507 e. The Kier molecular flexibility index (Phi) is 4.94. The molecule has 5 heteroatoms. The molecule has 28 heavy (non-hydrogen) atoms. The second-order valence-corrected chi connectivity index (χ2v) is 7.96. The summed E-state index contributed by atoms with van der Waals surface area (Å²) in [6.07, 6.45) is 2.78. The van der Waals surface area contributed by atoms with E-state index in [4.69, 9.17) is 21.1 Å². The number of ether oxygens (including phenoxy) is 2. The minimum absolute atomic E-state index is 0.0476. The largest absolute Gasteiger partial charge is 0.507 e. The van der Waals surface area contributed by atoms with Crippen LogP contribution in [0, 0.1) is 6.92 Å².